The van der Waals surface area contributed by atoms with E-state index in [2.05, 4.69) is 14.1 Å². The van der Waals surface area contributed by atoms with Crippen LogP contribution in [0.4, 0.5) is 0 Å². The molecule has 1 aromatic heterocycles. The number of rotatable bonds is 6. The van der Waals surface area contributed by atoms with E-state index in [1.54, 1.807) is 0 Å². The predicted octanol–water partition coefficient (Wildman–Crippen LogP) is 1.19. The van der Waals surface area contributed by atoms with Crippen molar-refractivity contribution in [2.24, 2.45) is 7.05 Å². The number of carbonyl (C=O) groups is 1. The van der Waals surface area contributed by atoms with Gasteiger partial charge in [-0.3, -0.25) is 0 Å². The highest BCUT2D eigenvalue weighted by Crippen LogP contribution is 2.29. The molecule has 0 saturated carbocycles. The zero-order chi connectivity index (χ0) is 16.3. The Morgan fingerprint density at radius 3 is 2.68 bits per heavy atom. The lowest BCUT2D eigenvalue weighted by atomic mass is 10.1. The lowest BCUT2D eigenvalue weighted by Gasteiger charge is -2.09. The molecule has 22 heavy (non-hydrogen) atoms. The van der Waals surface area contributed by atoms with E-state index in [1.165, 1.54) is 4.90 Å². The van der Waals surface area contributed by atoms with Crippen LogP contribution in [0.3, 0.4) is 0 Å². The second-order valence-corrected chi connectivity index (χ2v) is 5.72. The first kappa shape index (κ1) is 16.4. The molecule has 2 aromatic rings. The first-order chi connectivity index (χ1) is 10.5. The number of esters is 1. The van der Waals surface area contributed by atoms with Gasteiger partial charge >= 0.3 is 5.97 Å². The number of hydrogen-bond acceptors (Lipinski definition) is 3. The highest BCUT2D eigenvalue weighted by atomic mass is 16.5. The molecule has 5 heteroatoms. The van der Waals surface area contributed by atoms with Crippen molar-refractivity contribution in [1.29, 1.82) is 0 Å². The van der Waals surface area contributed by atoms with Crippen molar-refractivity contribution < 1.29 is 19.2 Å². The molecule has 1 aromatic carbocycles. The number of benzene rings is 1. The van der Waals surface area contributed by atoms with Gasteiger partial charge in [-0.2, -0.15) is 0 Å². The van der Waals surface area contributed by atoms with Gasteiger partial charge in [0.2, 0.25) is 0 Å². The molecule has 0 aliphatic carbocycles. The van der Waals surface area contributed by atoms with Gasteiger partial charge in [0.05, 0.1) is 26.3 Å². The summed E-state index contributed by atoms with van der Waals surface area (Å²) in [5.74, 6) is 0.505. The number of hydrogen-bond donors (Lipinski definition) is 1. The van der Waals surface area contributed by atoms with Crippen LogP contribution in [0.1, 0.15) is 23.0 Å². The van der Waals surface area contributed by atoms with Gasteiger partial charge in [0.15, 0.2) is 0 Å². The largest absolute Gasteiger partial charge is 0.488 e. The number of ether oxygens (including phenoxy) is 2. The molecule has 0 aliphatic heterocycles. The molecule has 1 N–H and O–H groups in total. The van der Waals surface area contributed by atoms with Crippen LogP contribution >= 0.6 is 0 Å². The Labute approximate surface area is 131 Å². The molecule has 0 radical (unpaired) electrons. The highest BCUT2D eigenvalue weighted by Gasteiger charge is 2.20. The maximum atomic E-state index is 12.2. The van der Waals surface area contributed by atoms with Crippen LogP contribution in [0, 0.1) is 6.92 Å². The van der Waals surface area contributed by atoms with Gasteiger partial charge < -0.3 is 18.9 Å². The van der Waals surface area contributed by atoms with Crippen molar-refractivity contribution in [3.05, 3.63) is 29.5 Å². The fourth-order valence-corrected chi connectivity index (χ4v) is 2.47. The fraction of sp³-hybridized carbons (Fsp3) is 0.471. The minimum absolute atomic E-state index is 0.277. The van der Waals surface area contributed by atoms with Gasteiger partial charge in [-0.1, -0.05) is 0 Å². The molecule has 2 rings (SSSR count). The summed E-state index contributed by atoms with van der Waals surface area (Å²) in [4.78, 5) is 13.6. The molecular formula is C17H25N2O3+. The van der Waals surface area contributed by atoms with Crippen LogP contribution in [0.2, 0.25) is 0 Å². The van der Waals surface area contributed by atoms with E-state index in [0.717, 1.165) is 28.9 Å². The van der Waals surface area contributed by atoms with Crippen molar-refractivity contribution in [1.82, 2.24) is 4.57 Å². The number of quaternary nitrogens is 1. The number of nitrogens with one attached hydrogen (secondary N) is 1. The summed E-state index contributed by atoms with van der Waals surface area (Å²) >= 11 is 0. The molecule has 0 amide bonds. The summed E-state index contributed by atoms with van der Waals surface area (Å²) in [5.41, 5.74) is 2.54. The smallest absolute Gasteiger partial charge is 0.340 e. The SMILES string of the molecule is CCOC(=O)c1c(C)n(C)c2ccc(OCC[NH+](C)C)cc12. The first-order valence-electron chi connectivity index (χ1n) is 7.63. The van der Waals surface area contributed by atoms with Crippen LogP contribution in [0.5, 0.6) is 5.75 Å². The van der Waals surface area contributed by atoms with Gasteiger partial charge in [0, 0.05) is 23.6 Å². The van der Waals surface area contributed by atoms with Crippen LogP contribution < -0.4 is 9.64 Å². The zero-order valence-corrected chi connectivity index (χ0v) is 14.0. The molecule has 0 fully saturated rings. The number of aryl methyl sites for hydroxylation is 1. The second kappa shape index (κ2) is 6.83. The molecular weight excluding hydrogens is 280 g/mol. The summed E-state index contributed by atoms with van der Waals surface area (Å²) in [5, 5.41) is 0.883. The Bertz CT molecular complexity index is 674. The third-order valence-electron chi connectivity index (χ3n) is 3.81. The maximum Gasteiger partial charge on any atom is 0.340 e. The number of fused-ring (bicyclic) bond motifs is 1. The minimum Gasteiger partial charge on any atom is -0.488 e. The summed E-state index contributed by atoms with van der Waals surface area (Å²) in [6.07, 6.45) is 0. The van der Waals surface area contributed by atoms with Gasteiger partial charge in [-0.05, 0) is 32.0 Å². The molecule has 1 heterocycles. The Kier molecular flexibility index (Phi) is 5.08. The number of nitrogens with zero attached hydrogens (tertiary/aromatic N) is 1. The molecule has 0 saturated heterocycles. The van der Waals surface area contributed by atoms with E-state index < -0.39 is 0 Å². The van der Waals surface area contributed by atoms with E-state index >= 15 is 0 Å². The fourth-order valence-electron chi connectivity index (χ4n) is 2.47. The highest BCUT2D eigenvalue weighted by molar-refractivity contribution is 6.06. The first-order valence-corrected chi connectivity index (χ1v) is 7.63. The zero-order valence-electron chi connectivity index (χ0n) is 14.0. The van der Waals surface area contributed by atoms with E-state index in [4.69, 9.17) is 9.47 Å². The summed E-state index contributed by atoms with van der Waals surface area (Å²) in [6.45, 7) is 5.69. The lowest BCUT2D eigenvalue weighted by Crippen LogP contribution is -3.06. The molecule has 0 bridgehead atoms. The Hall–Kier alpha value is -2.01. The maximum absolute atomic E-state index is 12.2. The van der Waals surface area contributed by atoms with Crippen molar-refractivity contribution >= 4 is 16.9 Å². The third kappa shape index (κ3) is 3.25. The third-order valence-corrected chi connectivity index (χ3v) is 3.81. The van der Waals surface area contributed by atoms with Gasteiger partial charge in [-0.15, -0.1) is 0 Å². The average Bonchev–Trinajstić information content (AvgIpc) is 2.70. The van der Waals surface area contributed by atoms with Gasteiger partial charge in [0.25, 0.3) is 0 Å². The van der Waals surface area contributed by atoms with Crippen LogP contribution in [0.25, 0.3) is 10.9 Å². The Balaban J connectivity index is 2.37. The molecule has 0 aliphatic rings. The van der Waals surface area contributed by atoms with Crippen LogP contribution in [0.15, 0.2) is 18.2 Å². The standard InChI is InChI=1S/C17H24N2O3/c1-6-21-17(20)16-12(2)19(5)15-8-7-13(11-14(15)16)22-10-9-18(3)4/h7-8,11H,6,9-10H2,1-5H3/p+1. The molecule has 5 nitrogen and oxygen atoms in total. The Morgan fingerprint density at radius 2 is 2.05 bits per heavy atom. The molecule has 0 atom stereocenters. The predicted molar refractivity (Wildman–Crippen MR) is 86.8 cm³/mol. The van der Waals surface area contributed by atoms with E-state index in [9.17, 15) is 4.79 Å². The average molecular weight is 305 g/mol. The summed E-state index contributed by atoms with van der Waals surface area (Å²) < 4.78 is 13.0. The van der Waals surface area contributed by atoms with Gasteiger partial charge in [-0.25, -0.2) is 4.79 Å². The van der Waals surface area contributed by atoms with E-state index in [1.807, 2.05) is 43.7 Å². The van der Waals surface area contributed by atoms with Crippen LogP contribution in [-0.2, 0) is 11.8 Å². The number of aromatic nitrogens is 1. The normalized spacial score (nSPS) is 11.2. The molecule has 0 unspecified atom stereocenters. The van der Waals surface area contributed by atoms with Crippen molar-refractivity contribution in [2.75, 3.05) is 33.9 Å². The molecule has 120 valence electrons. The van der Waals surface area contributed by atoms with Gasteiger partial charge in [0.1, 0.15) is 18.9 Å². The summed E-state index contributed by atoms with van der Waals surface area (Å²) in [6, 6.07) is 5.87. The van der Waals surface area contributed by atoms with Crippen molar-refractivity contribution in [3.63, 3.8) is 0 Å². The van der Waals surface area contributed by atoms with Crippen LogP contribution in [-0.4, -0.2) is 44.4 Å². The quantitative estimate of drug-likeness (QED) is 0.815. The number of likely N-dealkylation sites (N-methyl/N-ethyl adjacent to an activating group) is 1. The summed E-state index contributed by atoms with van der Waals surface area (Å²) in [7, 11) is 6.13. The number of carbonyl (C=O) groups excluding carboxylic acids is 1. The van der Waals surface area contributed by atoms with Crippen molar-refractivity contribution in [2.45, 2.75) is 13.8 Å². The lowest BCUT2D eigenvalue weighted by molar-refractivity contribution is -0.858. The topological polar surface area (TPSA) is 44.9 Å². The van der Waals surface area contributed by atoms with Crippen molar-refractivity contribution in [3.8, 4) is 5.75 Å². The van der Waals surface area contributed by atoms with E-state index in [0.29, 0.717) is 18.8 Å². The van der Waals surface area contributed by atoms with E-state index in [-0.39, 0.29) is 5.97 Å². The molecule has 0 spiro atoms. The minimum atomic E-state index is -0.277. The Morgan fingerprint density at radius 1 is 1.32 bits per heavy atom. The monoisotopic (exact) mass is 305 g/mol. The second-order valence-electron chi connectivity index (χ2n) is 5.72.